The van der Waals surface area contributed by atoms with Gasteiger partial charge in [-0.2, -0.15) is 0 Å². The minimum Gasteiger partial charge on any atom is -0.474 e. The summed E-state index contributed by atoms with van der Waals surface area (Å²) in [6.07, 6.45) is 5.21. The van der Waals surface area contributed by atoms with E-state index in [1.807, 2.05) is 0 Å². The maximum Gasteiger partial charge on any atom is 0.229 e. The highest BCUT2D eigenvalue weighted by Gasteiger charge is 2.35. The Morgan fingerprint density at radius 3 is 2.65 bits per heavy atom. The van der Waals surface area contributed by atoms with E-state index in [1.165, 1.54) is 23.4 Å². The standard InChI is InChI=1S/C23H29FN4O5S/c1-15-22(32-17-7-9-25-10-8-17)26-14-27-23(15)33-19-6-5-16(12-18(19)24)13-20(29)28-11-3-4-21(28)34(2,30)31/h5-6,12,14,17,21,25H,3-4,7-11,13H2,1-2H3. The van der Waals surface area contributed by atoms with Gasteiger partial charge in [0.1, 0.15) is 17.8 Å². The number of rotatable bonds is 7. The molecular formula is C23H29FN4O5S. The molecule has 2 aliphatic rings. The molecule has 2 saturated heterocycles. The first-order valence-electron chi connectivity index (χ1n) is 11.4. The molecule has 184 valence electrons. The number of hydrogen-bond donors (Lipinski definition) is 1. The van der Waals surface area contributed by atoms with Gasteiger partial charge in [-0.15, -0.1) is 0 Å². The highest BCUT2D eigenvalue weighted by Crippen LogP contribution is 2.31. The lowest BCUT2D eigenvalue weighted by Gasteiger charge is -2.24. The van der Waals surface area contributed by atoms with Crippen molar-refractivity contribution in [2.24, 2.45) is 0 Å². The molecule has 2 aromatic rings. The molecule has 0 saturated carbocycles. The predicted octanol–water partition coefficient (Wildman–Crippen LogP) is 2.38. The van der Waals surface area contributed by atoms with E-state index in [1.54, 1.807) is 13.0 Å². The van der Waals surface area contributed by atoms with Gasteiger partial charge in [0.2, 0.25) is 17.7 Å². The number of hydrogen-bond acceptors (Lipinski definition) is 8. The van der Waals surface area contributed by atoms with E-state index in [2.05, 4.69) is 15.3 Å². The molecule has 1 aromatic carbocycles. The van der Waals surface area contributed by atoms with Gasteiger partial charge >= 0.3 is 0 Å². The molecule has 0 radical (unpaired) electrons. The zero-order valence-corrected chi connectivity index (χ0v) is 20.1. The monoisotopic (exact) mass is 492 g/mol. The lowest BCUT2D eigenvalue weighted by Crippen LogP contribution is -2.40. The van der Waals surface area contributed by atoms with E-state index >= 15 is 0 Å². The maximum atomic E-state index is 14.8. The van der Waals surface area contributed by atoms with Gasteiger partial charge in [0.25, 0.3) is 0 Å². The van der Waals surface area contributed by atoms with E-state index in [-0.39, 0.29) is 30.1 Å². The SMILES string of the molecule is Cc1c(Oc2ccc(CC(=O)N3CCCC3S(C)(=O)=O)cc2F)ncnc1OC1CCNCC1. The molecule has 1 unspecified atom stereocenters. The van der Waals surface area contributed by atoms with E-state index in [4.69, 9.17) is 9.47 Å². The van der Waals surface area contributed by atoms with Gasteiger partial charge in [0.05, 0.1) is 12.0 Å². The quantitative estimate of drug-likeness (QED) is 0.627. The fraction of sp³-hybridized carbons (Fsp3) is 0.522. The third kappa shape index (κ3) is 5.64. The summed E-state index contributed by atoms with van der Waals surface area (Å²) in [7, 11) is -3.37. The fourth-order valence-corrected chi connectivity index (χ4v) is 5.58. The molecule has 0 bridgehead atoms. The third-order valence-corrected chi connectivity index (χ3v) is 7.61. The maximum absolute atomic E-state index is 14.8. The van der Waals surface area contributed by atoms with Gasteiger partial charge in [-0.1, -0.05) is 6.07 Å². The molecule has 4 rings (SSSR count). The second-order valence-corrected chi connectivity index (χ2v) is 10.9. The minimum absolute atomic E-state index is 0.0407. The smallest absolute Gasteiger partial charge is 0.229 e. The Labute approximate surface area is 198 Å². The largest absolute Gasteiger partial charge is 0.474 e. The van der Waals surface area contributed by atoms with Gasteiger partial charge in [0.15, 0.2) is 21.4 Å². The zero-order valence-electron chi connectivity index (χ0n) is 19.3. The number of sulfone groups is 1. The van der Waals surface area contributed by atoms with E-state index in [0.717, 1.165) is 32.2 Å². The molecule has 0 aliphatic carbocycles. The molecule has 2 fully saturated rings. The van der Waals surface area contributed by atoms with Crippen LogP contribution in [-0.4, -0.2) is 66.6 Å². The van der Waals surface area contributed by atoms with Gasteiger partial charge < -0.3 is 19.7 Å². The number of nitrogens with one attached hydrogen (secondary N) is 1. The first-order valence-corrected chi connectivity index (χ1v) is 13.3. The van der Waals surface area contributed by atoms with Crippen LogP contribution in [-0.2, 0) is 21.1 Å². The van der Waals surface area contributed by atoms with Gasteiger partial charge in [-0.3, -0.25) is 4.79 Å². The number of nitrogens with zero attached hydrogens (tertiary/aromatic N) is 3. The number of carbonyl (C=O) groups is 1. The number of piperidine rings is 1. The van der Waals surface area contributed by atoms with Gasteiger partial charge in [0, 0.05) is 12.8 Å². The minimum atomic E-state index is -3.37. The topological polar surface area (TPSA) is 111 Å². The van der Waals surface area contributed by atoms with Crippen molar-refractivity contribution in [2.75, 3.05) is 25.9 Å². The number of halogens is 1. The Morgan fingerprint density at radius 2 is 1.94 bits per heavy atom. The molecule has 1 atom stereocenters. The van der Waals surface area contributed by atoms with Crippen LogP contribution < -0.4 is 14.8 Å². The van der Waals surface area contributed by atoms with E-state index in [9.17, 15) is 17.6 Å². The Hall–Kier alpha value is -2.79. The lowest BCUT2D eigenvalue weighted by atomic mass is 10.1. The van der Waals surface area contributed by atoms with Crippen molar-refractivity contribution >= 4 is 15.7 Å². The molecule has 11 heteroatoms. The molecule has 2 aliphatic heterocycles. The summed E-state index contributed by atoms with van der Waals surface area (Å²) in [5, 5.41) is 2.47. The highest BCUT2D eigenvalue weighted by atomic mass is 32.2. The van der Waals surface area contributed by atoms with Crippen molar-refractivity contribution in [1.29, 1.82) is 0 Å². The molecule has 3 heterocycles. The third-order valence-electron chi connectivity index (χ3n) is 6.13. The molecule has 9 nitrogen and oxygen atoms in total. The van der Waals surface area contributed by atoms with Crippen LogP contribution in [0.2, 0.25) is 0 Å². The van der Waals surface area contributed by atoms with Crippen LogP contribution in [0.5, 0.6) is 17.5 Å². The van der Waals surface area contributed by atoms with Crippen LogP contribution in [0.1, 0.15) is 36.8 Å². The summed E-state index contributed by atoms with van der Waals surface area (Å²) in [6, 6.07) is 4.25. The summed E-state index contributed by atoms with van der Waals surface area (Å²) in [6.45, 7) is 3.90. The fourth-order valence-electron chi connectivity index (χ4n) is 4.30. The number of likely N-dealkylation sites (tertiary alicyclic amines) is 1. The molecule has 34 heavy (non-hydrogen) atoms. The first kappa shape index (κ1) is 24.3. The van der Waals surface area contributed by atoms with Crippen LogP contribution >= 0.6 is 0 Å². The van der Waals surface area contributed by atoms with Crippen LogP contribution in [0, 0.1) is 12.7 Å². The summed E-state index contributed by atoms with van der Waals surface area (Å²) in [5.41, 5.74) is 1.00. The van der Waals surface area contributed by atoms with Crippen molar-refractivity contribution in [3.05, 3.63) is 41.5 Å². The molecule has 0 spiro atoms. The second-order valence-electron chi connectivity index (χ2n) is 8.73. The van der Waals surface area contributed by atoms with Crippen molar-refractivity contribution in [3.63, 3.8) is 0 Å². The Balaban J connectivity index is 1.44. The predicted molar refractivity (Wildman–Crippen MR) is 123 cm³/mol. The van der Waals surface area contributed by atoms with Crippen LogP contribution in [0.4, 0.5) is 4.39 Å². The normalized spacial score (nSPS) is 19.3. The molecule has 1 N–H and O–H groups in total. The number of amides is 1. The van der Waals surface area contributed by atoms with Crippen molar-refractivity contribution < 1.29 is 27.1 Å². The summed E-state index contributed by atoms with van der Waals surface area (Å²) in [5.74, 6) is -0.432. The number of carbonyl (C=O) groups excluding carboxylic acids is 1. The van der Waals surface area contributed by atoms with E-state index in [0.29, 0.717) is 36.4 Å². The number of ether oxygens (including phenoxy) is 2. The van der Waals surface area contributed by atoms with Crippen molar-refractivity contribution in [1.82, 2.24) is 20.2 Å². The van der Waals surface area contributed by atoms with Crippen molar-refractivity contribution in [3.8, 4) is 17.5 Å². The first-order chi connectivity index (χ1) is 16.2. The van der Waals surface area contributed by atoms with Gasteiger partial charge in [-0.05, 0) is 63.4 Å². The summed E-state index contributed by atoms with van der Waals surface area (Å²) in [4.78, 5) is 22.3. The Kier molecular flexibility index (Phi) is 7.32. The zero-order chi connectivity index (χ0) is 24.3. The highest BCUT2D eigenvalue weighted by molar-refractivity contribution is 7.91. The van der Waals surface area contributed by atoms with E-state index < -0.39 is 21.0 Å². The average Bonchev–Trinajstić information content (AvgIpc) is 3.30. The average molecular weight is 493 g/mol. The summed E-state index contributed by atoms with van der Waals surface area (Å²) >= 11 is 0. The Bertz CT molecular complexity index is 1150. The van der Waals surface area contributed by atoms with Crippen LogP contribution in [0.15, 0.2) is 24.5 Å². The Morgan fingerprint density at radius 1 is 1.21 bits per heavy atom. The second kappa shape index (κ2) is 10.2. The number of aromatic nitrogens is 2. The van der Waals surface area contributed by atoms with Crippen molar-refractivity contribution in [2.45, 2.75) is 50.5 Å². The molecular weight excluding hydrogens is 463 g/mol. The summed E-state index contributed by atoms with van der Waals surface area (Å²) < 4.78 is 50.4. The van der Waals surface area contributed by atoms with Gasteiger partial charge in [-0.25, -0.2) is 22.8 Å². The van der Waals surface area contributed by atoms with Crippen LogP contribution in [0.3, 0.4) is 0 Å². The number of benzene rings is 1. The molecule has 1 amide bonds. The molecule has 1 aromatic heterocycles. The van der Waals surface area contributed by atoms with Crippen LogP contribution in [0.25, 0.3) is 0 Å². The lowest BCUT2D eigenvalue weighted by molar-refractivity contribution is -0.130.